The van der Waals surface area contributed by atoms with Crippen LogP contribution in [0.2, 0.25) is 0 Å². The molecule has 1 atom stereocenters. The zero-order valence-electron chi connectivity index (χ0n) is 15.3. The van der Waals surface area contributed by atoms with Crippen LogP contribution in [-0.2, 0) is 9.53 Å². The molecule has 2 aromatic rings. The second kappa shape index (κ2) is 8.35. The third kappa shape index (κ3) is 3.82. The van der Waals surface area contributed by atoms with E-state index in [0.717, 1.165) is 0 Å². The van der Waals surface area contributed by atoms with Crippen LogP contribution in [0.3, 0.4) is 0 Å². The Balaban J connectivity index is 2.22. The number of carbonyl (C=O) groups is 2. The predicted molar refractivity (Wildman–Crippen MR) is 107 cm³/mol. The van der Waals surface area contributed by atoms with Crippen LogP contribution in [-0.4, -0.2) is 30.8 Å². The highest BCUT2D eigenvalue weighted by atomic mass is 79.9. The highest BCUT2D eigenvalue weighted by Crippen LogP contribution is 2.40. The molecular weight excluding hydrogens is 428 g/mol. The summed E-state index contributed by atoms with van der Waals surface area (Å²) >= 11 is 3.28. The monoisotopic (exact) mass is 446 g/mol. The maximum absolute atomic E-state index is 12.8. The minimum atomic E-state index is -0.797. The molecule has 3 N–H and O–H groups in total. The Morgan fingerprint density at radius 1 is 1.25 bits per heavy atom. The molecule has 1 aliphatic rings. The molecule has 3 rings (SSSR count). The number of nitrogens with one attached hydrogen (secondary N) is 2. The van der Waals surface area contributed by atoms with E-state index in [9.17, 15) is 14.7 Å². The first-order chi connectivity index (χ1) is 13.5. The lowest BCUT2D eigenvalue weighted by Crippen LogP contribution is -2.45. The molecule has 2 amide bonds. The molecule has 0 saturated heterocycles. The number of methoxy groups -OCH3 is 1. The maximum atomic E-state index is 12.8. The van der Waals surface area contributed by atoms with Gasteiger partial charge in [0.2, 0.25) is 0 Å². The molecule has 0 bridgehead atoms. The van der Waals surface area contributed by atoms with Crippen LogP contribution in [0.1, 0.15) is 24.1 Å². The number of halogens is 1. The number of hydrogen-bond donors (Lipinski definition) is 3. The van der Waals surface area contributed by atoms with Gasteiger partial charge in [-0.25, -0.2) is 9.59 Å². The standard InChI is InChI=1S/C20H19BrN2O5/c1-3-28-19(25)15-16(11-7-5-4-6-8-11)22-20(26)23-17(15)12-9-13(21)18(24)14(10-12)27-2/h4-10,17,24H,3H2,1-2H3,(H2,22,23,26)/t17-/m0/s1. The van der Waals surface area contributed by atoms with Gasteiger partial charge in [0.15, 0.2) is 11.5 Å². The third-order valence-corrected chi connectivity index (χ3v) is 4.84. The summed E-state index contributed by atoms with van der Waals surface area (Å²) in [5.74, 6) is -0.417. The Morgan fingerprint density at radius 2 is 1.96 bits per heavy atom. The van der Waals surface area contributed by atoms with Crippen molar-refractivity contribution in [3.63, 3.8) is 0 Å². The van der Waals surface area contributed by atoms with Gasteiger partial charge in [0.25, 0.3) is 0 Å². The van der Waals surface area contributed by atoms with Crippen molar-refractivity contribution in [2.75, 3.05) is 13.7 Å². The Labute approximate surface area is 170 Å². The molecule has 1 heterocycles. The third-order valence-electron chi connectivity index (χ3n) is 4.23. The summed E-state index contributed by atoms with van der Waals surface area (Å²) in [6.07, 6.45) is 0. The quantitative estimate of drug-likeness (QED) is 0.610. The van der Waals surface area contributed by atoms with Crippen molar-refractivity contribution in [3.8, 4) is 11.5 Å². The number of benzene rings is 2. The lowest BCUT2D eigenvalue weighted by atomic mass is 9.92. The summed E-state index contributed by atoms with van der Waals surface area (Å²) in [4.78, 5) is 25.2. The molecule has 0 spiro atoms. The molecule has 146 valence electrons. The average molecular weight is 447 g/mol. The van der Waals surface area contributed by atoms with Crippen LogP contribution in [0.15, 0.2) is 52.5 Å². The summed E-state index contributed by atoms with van der Waals surface area (Å²) in [5, 5.41) is 15.6. The summed E-state index contributed by atoms with van der Waals surface area (Å²) in [7, 11) is 1.42. The number of phenols is 1. The van der Waals surface area contributed by atoms with E-state index in [4.69, 9.17) is 9.47 Å². The Kier molecular flexibility index (Phi) is 5.89. The number of aromatic hydroxyl groups is 1. The largest absolute Gasteiger partial charge is 0.503 e. The van der Waals surface area contributed by atoms with Gasteiger partial charge in [-0.2, -0.15) is 0 Å². The molecule has 0 aliphatic carbocycles. The van der Waals surface area contributed by atoms with Crippen LogP contribution in [0.5, 0.6) is 11.5 Å². The number of ether oxygens (including phenoxy) is 2. The van der Waals surface area contributed by atoms with Crippen molar-refractivity contribution < 1.29 is 24.2 Å². The van der Waals surface area contributed by atoms with Gasteiger partial charge in [-0.3, -0.25) is 0 Å². The van der Waals surface area contributed by atoms with Gasteiger partial charge in [-0.15, -0.1) is 0 Å². The van der Waals surface area contributed by atoms with Gasteiger partial charge < -0.3 is 25.2 Å². The number of amides is 2. The van der Waals surface area contributed by atoms with Gasteiger partial charge in [-0.1, -0.05) is 30.3 Å². The van der Waals surface area contributed by atoms with Crippen molar-refractivity contribution >= 4 is 33.6 Å². The molecule has 1 aliphatic heterocycles. The number of hydrogen-bond acceptors (Lipinski definition) is 5. The van der Waals surface area contributed by atoms with Crippen LogP contribution in [0.4, 0.5) is 4.79 Å². The number of rotatable bonds is 5. The Bertz CT molecular complexity index is 943. The van der Waals surface area contributed by atoms with Crippen molar-refractivity contribution in [2.24, 2.45) is 0 Å². The normalized spacial score (nSPS) is 16.2. The Morgan fingerprint density at radius 3 is 2.61 bits per heavy atom. The lowest BCUT2D eigenvalue weighted by molar-refractivity contribution is -0.138. The fourth-order valence-electron chi connectivity index (χ4n) is 2.99. The molecule has 0 saturated carbocycles. The van der Waals surface area contributed by atoms with E-state index in [0.29, 0.717) is 21.3 Å². The van der Waals surface area contributed by atoms with Crippen molar-refractivity contribution in [1.82, 2.24) is 10.6 Å². The predicted octanol–water partition coefficient (Wildman–Crippen LogP) is 3.49. The molecule has 8 heteroatoms. The van der Waals surface area contributed by atoms with Crippen LogP contribution in [0, 0.1) is 0 Å². The van der Waals surface area contributed by atoms with Crippen molar-refractivity contribution in [2.45, 2.75) is 13.0 Å². The van der Waals surface area contributed by atoms with Crippen molar-refractivity contribution in [3.05, 3.63) is 63.6 Å². The van der Waals surface area contributed by atoms with E-state index >= 15 is 0 Å². The second-order valence-corrected chi connectivity index (χ2v) is 6.81. The molecule has 28 heavy (non-hydrogen) atoms. The number of esters is 1. The lowest BCUT2D eigenvalue weighted by Gasteiger charge is -2.30. The molecular formula is C20H19BrN2O5. The van der Waals surface area contributed by atoms with E-state index < -0.39 is 18.0 Å². The molecule has 7 nitrogen and oxygen atoms in total. The average Bonchev–Trinajstić information content (AvgIpc) is 2.70. The molecule has 0 fully saturated rings. The summed E-state index contributed by atoms with van der Waals surface area (Å²) in [6.45, 7) is 1.90. The van der Waals surface area contributed by atoms with E-state index in [2.05, 4.69) is 26.6 Å². The SMILES string of the molecule is CCOC(=O)C1=C(c2ccccc2)NC(=O)N[C@H]1c1cc(Br)c(O)c(OC)c1. The first kappa shape index (κ1) is 19.8. The first-order valence-electron chi connectivity index (χ1n) is 8.56. The maximum Gasteiger partial charge on any atom is 0.338 e. The van der Waals surface area contributed by atoms with Gasteiger partial charge in [0.1, 0.15) is 0 Å². The van der Waals surface area contributed by atoms with E-state index in [1.54, 1.807) is 31.2 Å². The van der Waals surface area contributed by atoms with Gasteiger partial charge in [0, 0.05) is 0 Å². The van der Waals surface area contributed by atoms with Crippen LogP contribution >= 0.6 is 15.9 Å². The molecule has 0 unspecified atom stereocenters. The molecule has 2 aromatic carbocycles. The number of carbonyl (C=O) groups excluding carboxylic acids is 2. The van der Waals surface area contributed by atoms with Crippen LogP contribution in [0.25, 0.3) is 5.70 Å². The summed E-state index contributed by atoms with van der Waals surface area (Å²) in [5.41, 5.74) is 1.85. The van der Waals surface area contributed by atoms with E-state index in [1.165, 1.54) is 7.11 Å². The summed E-state index contributed by atoms with van der Waals surface area (Å²) < 4.78 is 10.8. The number of phenolic OH excluding ortho intramolecular Hbond substituents is 1. The van der Waals surface area contributed by atoms with Crippen LogP contribution < -0.4 is 15.4 Å². The first-order valence-corrected chi connectivity index (χ1v) is 9.36. The Hall–Kier alpha value is -3.00. The van der Waals surface area contributed by atoms with E-state index in [-0.39, 0.29) is 23.7 Å². The zero-order chi connectivity index (χ0) is 20.3. The minimum absolute atomic E-state index is 0.0727. The summed E-state index contributed by atoms with van der Waals surface area (Å²) in [6, 6.07) is 11.0. The van der Waals surface area contributed by atoms with Crippen molar-refractivity contribution in [1.29, 1.82) is 0 Å². The molecule has 0 aromatic heterocycles. The van der Waals surface area contributed by atoms with Gasteiger partial charge in [0.05, 0.1) is 35.5 Å². The second-order valence-electron chi connectivity index (χ2n) is 5.96. The minimum Gasteiger partial charge on any atom is -0.503 e. The van der Waals surface area contributed by atoms with E-state index in [1.807, 2.05) is 18.2 Å². The topological polar surface area (TPSA) is 96.9 Å². The van der Waals surface area contributed by atoms with Gasteiger partial charge in [-0.05, 0) is 46.1 Å². The fourth-order valence-corrected chi connectivity index (χ4v) is 3.45. The fraction of sp³-hybridized carbons (Fsp3) is 0.200. The highest BCUT2D eigenvalue weighted by Gasteiger charge is 2.35. The van der Waals surface area contributed by atoms with Gasteiger partial charge >= 0.3 is 12.0 Å². The zero-order valence-corrected chi connectivity index (χ0v) is 16.9. The number of urea groups is 1. The molecule has 0 radical (unpaired) electrons. The smallest absolute Gasteiger partial charge is 0.338 e. The highest BCUT2D eigenvalue weighted by molar-refractivity contribution is 9.10.